The second kappa shape index (κ2) is 5.03. The first-order valence-electron chi connectivity index (χ1n) is 6.44. The van der Waals surface area contributed by atoms with Gasteiger partial charge in [0.05, 0.1) is 6.61 Å². The van der Waals surface area contributed by atoms with E-state index >= 15 is 0 Å². The number of H-pyrrole nitrogens is 1. The van der Waals surface area contributed by atoms with Crippen LogP contribution in [0.25, 0.3) is 10.9 Å². The molecule has 1 aromatic carbocycles. The van der Waals surface area contributed by atoms with Crippen molar-refractivity contribution in [2.45, 2.75) is 25.3 Å². The molecule has 1 aliphatic carbocycles. The van der Waals surface area contributed by atoms with Gasteiger partial charge in [0.2, 0.25) is 0 Å². The summed E-state index contributed by atoms with van der Waals surface area (Å²) in [5.74, 6) is 0. The van der Waals surface area contributed by atoms with Crippen molar-refractivity contribution in [2.24, 2.45) is 0 Å². The predicted molar refractivity (Wildman–Crippen MR) is 76.8 cm³/mol. The summed E-state index contributed by atoms with van der Waals surface area (Å²) in [5.41, 5.74) is 3.96. The van der Waals surface area contributed by atoms with Gasteiger partial charge in [-0.2, -0.15) is 0 Å². The van der Waals surface area contributed by atoms with Crippen molar-refractivity contribution in [1.82, 2.24) is 10.3 Å². The van der Waals surface area contributed by atoms with Gasteiger partial charge in [0.1, 0.15) is 0 Å². The fraction of sp³-hybridized carbons (Fsp3) is 0.429. The van der Waals surface area contributed by atoms with Gasteiger partial charge >= 0.3 is 0 Å². The number of benzene rings is 1. The summed E-state index contributed by atoms with van der Waals surface area (Å²) in [6, 6.07) is 6.74. The number of aromatic amines is 1. The first kappa shape index (κ1) is 12.2. The van der Waals surface area contributed by atoms with Gasteiger partial charge < -0.3 is 15.4 Å². The third-order valence-electron chi connectivity index (χ3n) is 3.67. The molecule has 1 aromatic heterocycles. The predicted octanol–water partition coefficient (Wildman–Crippen LogP) is 2.89. The van der Waals surface area contributed by atoms with Gasteiger partial charge in [-0.05, 0) is 43.0 Å². The quantitative estimate of drug-likeness (QED) is 0.816. The Bertz CT molecular complexity index is 564. The van der Waals surface area contributed by atoms with E-state index in [1.165, 1.54) is 28.6 Å². The van der Waals surface area contributed by atoms with Crippen LogP contribution in [0.1, 0.15) is 30.1 Å². The second-order valence-corrected chi connectivity index (χ2v) is 5.75. The number of halogens is 1. The molecule has 0 radical (unpaired) electrons. The van der Waals surface area contributed by atoms with Crippen LogP contribution in [0, 0.1) is 0 Å². The van der Waals surface area contributed by atoms with Gasteiger partial charge in [0.15, 0.2) is 0 Å². The van der Waals surface area contributed by atoms with Crippen molar-refractivity contribution >= 4 is 26.8 Å². The van der Waals surface area contributed by atoms with Crippen LogP contribution >= 0.6 is 15.9 Å². The van der Waals surface area contributed by atoms with Crippen LogP contribution in [-0.4, -0.2) is 23.2 Å². The van der Waals surface area contributed by atoms with E-state index in [0.29, 0.717) is 12.6 Å². The highest BCUT2D eigenvalue weighted by Crippen LogP contribution is 2.35. The summed E-state index contributed by atoms with van der Waals surface area (Å²) < 4.78 is 1.13. The molecule has 3 N–H and O–H groups in total. The Morgan fingerprint density at radius 2 is 2.33 bits per heavy atom. The van der Waals surface area contributed by atoms with Crippen molar-refractivity contribution in [3.63, 3.8) is 0 Å². The van der Waals surface area contributed by atoms with Gasteiger partial charge in [-0.15, -0.1) is 0 Å². The number of rotatable bonds is 3. The average Bonchev–Trinajstić information content (AvgIpc) is 2.75. The summed E-state index contributed by atoms with van der Waals surface area (Å²) >= 11 is 3.54. The molecule has 1 atom stereocenters. The molecular formula is C14H17BrN2O. The number of fused-ring (bicyclic) bond motifs is 3. The first-order chi connectivity index (χ1) is 8.79. The molecule has 0 amide bonds. The zero-order valence-corrected chi connectivity index (χ0v) is 11.8. The maximum atomic E-state index is 8.94. The number of aromatic nitrogens is 1. The van der Waals surface area contributed by atoms with E-state index in [2.05, 4.69) is 44.4 Å². The molecule has 4 heteroatoms. The van der Waals surface area contributed by atoms with Gasteiger partial charge in [-0.1, -0.05) is 15.9 Å². The highest BCUT2D eigenvalue weighted by atomic mass is 79.9. The van der Waals surface area contributed by atoms with Gasteiger partial charge in [-0.3, -0.25) is 0 Å². The summed E-state index contributed by atoms with van der Waals surface area (Å²) in [6.07, 6.45) is 3.49. The second-order valence-electron chi connectivity index (χ2n) is 4.83. The van der Waals surface area contributed by atoms with E-state index in [-0.39, 0.29) is 6.61 Å². The molecule has 96 valence electrons. The molecule has 1 aliphatic rings. The van der Waals surface area contributed by atoms with Crippen LogP contribution in [0.2, 0.25) is 0 Å². The van der Waals surface area contributed by atoms with Crippen LogP contribution in [0.3, 0.4) is 0 Å². The minimum atomic E-state index is 0.192. The smallest absolute Gasteiger partial charge is 0.0556 e. The van der Waals surface area contributed by atoms with Crippen molar-refractivity contribution in [1.29, 1.82) is 0 Å². The maximum absolute atomic E-state index is 8.94. The molecular weight excluding hydrogens is 292 g/mol. The van der Waals surface area contributed by atoms with Gasteiger partial charge in [0.25, 0.3) is 0 Å². The molecule has 3 rings (SSSR count). The van der Waals surface area contributed by atoms with Crippen LogP contribution in [-0.2, 0) is 6.42 Å². The number of aliphatic hydroxyl groups excluding tert-OH is 1. The van der Waals surface area contributed by atoms with Crippen LogP contribution < -0.4 is 5.32 Å². The van der Waals surface area contributed by atoms with E-state index < -0.39 is 0 Å². The monoisotopic (exact) mass is 308 g/mol. The number of hydrogen-bond acceptors (Lipinski definition) is 2. The lowest BCUT2D eigenvalue weighted by atomic mass is 9.92. The summed E-state index contributed by atoms with van der Waals surface area (Å²) in [4.78, 5) is 3.54. The summed E-state index contributed by atoms with van der Waals surface area (Å²) in [5, 5.41) is 13.7. The number of aryl methyl sites for hydroxylation is 1. The zero-order valence-electron chi connectivity index (χ0n) is 10.2. The molecule has 1 heterocycles. The fourth-order valence-corrected chi connectivity index (χ4v) is 3.24. The standard InChI is InChI=1S/C14H17BrN2O/c15-9-4-5-12-11(8-9)10-2-1-3-13(14(10)17-12)16-6-7-18/h4-5,8,13,16-18H,1-3,6-7H2/t13-/m1/s1. The number of hydrogen-bond donors (Lipinski definition) is 3. The summed E-state index contributed by atoms with van der Waals surface area (Å²) in [7, 11) is 0. The van der Waals surface area contributed by atoms with Gasteiger partial charge in [0, 0.05) is 33.7 Å². The van der Waals surface area contributed by atoms with Crippen LogP contribution in [0.5, 0.6) is 0 Å². The lowest BCUT2D eigenvalue weighted by Gasteiger charge is -2.23. The minimum absolute atomic E-state index is 0.192. The molecule has 0 aliphatic heterocycles. The molecule has 0 bridgehead atoms. The normalized spacial score (nSPS) is 19.1. The average molecular weight is 309 g/mol. The lowest BCUT2D eigenvalue weighted by molar-refractivity contribution is 0.280. The molecule has 3 nitrogen and oxygen atoms in total. The largest absolute Gasteiger partial charge is 0.395 e. The Morgan fingerprint density at radius 3 is 3.17 bits per heavy atom. The topological polar surface area (TPSA) is 48.0 Å². The molecule has 0 fully saturated rings. The molecule has 0 spiro atoms. The van der Waals surface area contributed by atoms with Crippen molar-refractivity contribution < 1.29 is 5.11 Å². The van der Waals surface area contributed by atoms with E-state index in [9.17, 15) is 0 Å². The van der Waals surface area contributed by atoms with Crippen molar-refractivity contribution in [3.05, 3.63) is 33.9 Å². The Balaban J connectivity index is 2.04. The molecule has 2 aromatic rings. The van der Waals surface area contributed by atoms with E-state index in [4.69, 9.17) is 5.11 Å². The Morgan fingerprint density at radius 1 is 1.44 bits per heavy atom. The number of nitrogens with one attached hydrogen (secondary N) is 2. The molecule has 0 saturated carbocycles. The Labute approximate surface area is 115 Å². The highest BCUT2D eigenvalue weighted by molar-refractivity contribution is 9.10. The van der Waals surface area contributed by atoms with E-state index in [0.717, 1.165) is 17.3 Å². The van der Waals surface area contributed by atoms with Crippen molar-refractivity contribution in [2.75, 3.05) is 13.2 Å². The fourth-order valence-electron chi connectivity index (χ4n) is 2.88. The summed E-state index contributed by atoms with van der Waals surface area (Å²) in [6.45, 7) is 0.848. The maximum Gasteiger partial charge on any atom is 0.0556 e. The minimum Gasteiger partial charge on any atom is -0.395 e. The SMILES string of the molecule is OCCN[C@@H]1CCCc2c1[nH]c1ccc(Br)cc21. The van der Waals surface area contributed by atoms with Gasteiger partial charge in [-0.25, -0.2) is 0 Å². The van der Waals surface area contributed by atoms with Crippen molar-refractivity contribution in [3.8, 4) is 0 Å². The van der Waals surface area contributed by atoms with E-state index in [1.54, 1.807) is 0 Å². The zero-order chi connectivity index (χ0) is 12.5. The highest BCUT2D eigenvalue weighted by Gasteiger charge is 2.23. The Kier molecular flexibility index (Phi) is 3.41. The molecule has 0 unspecified atom stereocenters. The number of aliphatic hydroxyl groups is 1. The van der Waals surface area contributed by atoms with Crippen LogP contribution in [0.4, 0.5) is 0 Å². The Hall–Kier alpha value is -0.840. The van der Waals surface area contributed by atoms with E-state index in [1.807, 2.05) is 0 Å². The first-order valence-corrected chi connectivity index (χ1v) is 7.23. The third kappa shape index (κ3) is 2.09. The third-order valence-corrected chi connectivity index (χ3v) is 4.17. The lowest BCUT2D eigenvalue weighted by Crippen LogP contribution is -2.27. The van der Waals surface area contributed by atoms with Crippen LogP contribution in [0.15, 0.2) is 22.7 Å². The molecule has 18 heavy (non-hydrogen) atoms. The molecule has 0 saturated heterocycles.